The Morgan fingerprint density at radius 1 is 1.14 bits per heavy atom. The summed E-state index contributed by atoms with van der Waals surface area (Å²) in [5.41, 5.74) is 3.75. The van der Waals surface area contributed by atoms with Crippen molar-refractivity contribution in [3.63, 3.8) is 0 Å². The minimum Gasteiger partial charge on any atom is -0.486 e. The maximum atomic E-state index is 12.9. The third-order valence-electron chi connectivity index (χ3n) is 3.56. The maximum Gasteiger partial charge on any atom is 0.161 e. The molecular weight excluding hydrogens is 271 g/mol. The van der Waals surface area contributed by atoms with Gasteiger partial charge in [0.15, 0.2) is 11.5 Å². The van der Waals surface area contributed by atoms with Crippen molar-refractivity contribution >= 4 is 0 Å². The fourth-order valence-electron chi connectivity index (χ4n) is 2.41. The summed E-state index contributed by atoms with van der Waals surface area (Å²) in [4.78, 5) is 0. The molecule has 0 radical (unpaired) electrons. The minimum absolute atomic E-state index is 0.121. The first-order chi connectivity index (χ1) is 10.3. The van der Waals surface area contributed by atoms with Gasteiger partial charge in [-0.15, -0.1) is 0 Å². The van der Waals surface area contributed by atoms with E-state index in [1.165, 1.54) is 12.1 Å². The molecule has 2 unspecified atom stereocenters. The van der Waals surface area contributed by atoms with Crippen LogP contribution in [0.25, 0.3) is 0 Å². The zero-order valence-corrected chi connectivity index (χ0v) is 11.5. The molecule has 1 heterocycles. The average molecular weight is 288 g/mol. The predicted octanol–water partition coefficient (Wildman–Crippen LogP) is 2.04. The highest BCUT2D eigenvalue weighted by Gasteiger charge is 2.28. The van der Waals surface area contributed by atoms with Crippen LogP contribution in [0.4, 0.5) is 4.39 Å². The topological polar surface area (TPSA) is 56.5 Å². The number of fused-ring (bicyclic) bond motifs is 1. The molecule has 2 aromatic rings. The molecule has 2 aromatic carbocycles. The molecule has 2 atom stereocenters. The number of ether oxygens (including phenoxy) is 2. The van der Waals surface area contributed by atoms with E-state index in [-0.39, 0.29) is 18.0 Å². The van der Waals surface area contributed by atoms with E-state index in [2.05, 4.69) is 5.43 Å². The van der Waals surface area contributed by atoms with Crippen LogP contribution in [0.5, 0.6) is 11.5 Å². The molecular formula is C16H17FN2O2. The monoisotopic (exact) mass is 288 g/mol. The highest BCUT2D eigenvalue weighted by Crippen LogP contribution is 2.31. The van der Waals surface area contributed by atoms with Gasteiger partial charge in [-0.2, -0.15) is 0 Å². The Morgan fingerprint density at radius 2 is 1.86 bits per heavy atom. The Bertz CT molecular complexity index is 603. The van der Waals surface area contributed by atoms with E-state index in [0.717, 1.165) is 11.3 Å². The Hall–Kier alpha value is -2.11. The van der Waals surface area contributed by atoms with Crippen LogP contribution in [-0.2, 0) is 6.42 Å². The van der Waals surface area contributed by atoms with Crippen molar-refractivity contribution in [3.8, 4) is 11.5 Å². The van der Waals surface area contributed by atoms with Crippen LogP contribution in [0.2, 0.25) is 0 Å². The molecule has 0 spiro atoms. The molecule has 3 rings (SSSR count). The Morgan fingerprint density at radius 3 is 2.57 bits per heavy atom. The quantitative estimate of drug-likeness (QED) is 0.668. The molecule has 21 heavy (non-hydrogen) atoms. The van der Waals surface area contributed by atoms with Gasteiger partial charge in [0.05, 0.1) is 6.04 Å². The van der Waals surface area contributed by atoms with E-state index in [9.17, 15) is 4.39 Å². The smallest absolute Gasteiger partial charge is 0.161 e. The van der Waals surface area contributed by atoms with E-state index in [1.807, 2.05) is 24.3 Å². The molecule has 3 N–H and O–H groups in total. The van der Waals surface area contributed by atoms with E-state index < -0.39 is 0 Å². The number of nitrogens with one attached hydrogen (secondary N) is 1. The molecule has 0 saturated heterocycles. The summed E-state index contributed by atoms with van der Waals surface area (Å²) in [6.07, 6.45) is 0.433. The molecule has 0 amide bonds. The lowest BCUT2D eigenvalue weighted by Gasteiger charge is -2.31. The van der Waals surface area contributed by atoms with E-state index >= 15 is 0 Å². The van der Waals surface area contributed by atoms with Crippen molar-refractivity contribution < 1.29 is 13.9 Å². The maximum absolute atomic E-state index is 12.9. The van der Waals surface area contributed by atoms with Crippen molar-refractivity contribution in [2.45, 2.75) is 18.6 Å². The molecule has 0 aliphatic carbocycles. The third-order valence-corrected chi connectivity index (χ3v) is 3.56. The molecule has 4 nitrogen and oxygen atoms in total. The molecule has 110 valence electrons. The zero-order chi connectivity index (χ0) is 14.7. The molecule has 5 heteroatoms. The van der Waals surface area contributed by atoms with Gasteiger partial charge in [-0.1, -0.05) is 24.3 Å². The summed E-state index contributed by atoms with van der Waals surface area (Å²) in [6, 6.07) is 13.8. The summed E-state index contributed by atoms with van der Waals surface area (Å²) in [5, 5.41) is 0. The number of halogens is 1. The Kier molecular flexibility index (Phi) is 4.03. The number of benzene rings is 2. The van der Waals surface area contributed by atoms with Crippen LogP contribution < -0.4 is 20.7 Å². The van der Waals surface area contributed by atoms with Crippen LogP contribution in [-0.4, -0.2) is 18.8 Å². The number of nitrogens with two attached hydrogens (primary N) is 1. The summed E-state index contributed by atoms with van der Waals surface area (Å²) in [7, 11) is 0. The van der Waals surface area contributed by atoms with Gasteiger partial charge in [-0.3, -0.25) is 11.3 Å². The highest BCUT2D eigenvalue weighted by atomic mass is 19.1. The van der Waals surface area contributed by atoms with Crippen molar-refractivity contribution in [2.24, 2.45) is 5.84 Å². The lowest BCUT2D eigenvalue weighted by molar-refractivity contribution is 0.0620. The van der Waals surface area contributed by atoms with Crippen LogP contribution in [0.1, 0.15) is 5.56 Å². The normalized spacial score (nSPS) is 18.3. The Balaban J connectivity index is 1.71. The molecule has 1 aliphatic heterocycles. The lowest BCUT2D eigenvalue weighted by Crippen LogP contribution is -2.51. The van der Waals surface area contributed by atoms with E-state index in [0.29, 0.717) is 18.8 Å². The van der Waals surface area contributed by atoms with E-state index in [1.54, 1.807) is 12.1 Å². The first kappa shape index (κ1) is 13.9. The summed E-state index contributed by atoms with van der Waals surface area (Å²) in [5.74, 6) is 6.85. The summed E-state index contributed by atoms with van der Waals surface area (Å²) < 4.78 is 24.6. The van der Waals surface area contributed by atoms with Crippen molar-refractivity contribution in [3.05, 3.63) is 59.9 Å². The van der Waals surface area contributed by atoms with Gasteiger partial charge < -0.3 is 9.47 Å². The number of rotatable bonds is 4. The van der Waals surface area contributed by atoms with Gasteiger partial charge in [0.1, 0.15) is 18.5 Å². The Labute approximate surface area is 122 Å². The van der Waals surface area contributed by atoms with Crippen LogP contribution in [0, 0.1) is 5.82 Å². The first-order valence-corrected chi connectivity index (χ1v) is 6.85. The van der Waals surface area contributed by atoms with Crippen molar-refractivity contribution in [2.75, 3.05) is 6.61 Å². The van der Waals surface area contributed by atoms with Crippen LogP contribution in [0.15, 0.2) is 48.5 Å². The SMILES string of the molecule is NNC(Cc1ccc(F)cc1)C1COc2ccccc2O1. The molecule has 0 aromatic heterocycles. The van der Waals surface area contributed by atoms with Gasteiger partial charge in [0.25, 0.3) is 0 Å². The second-order valence-electron chi connectivity index (χ2n) is 5.02. The van der Waals surface area contributed by atoms with Gasteiger partial charge in [-0.25, -0.2) is 4.39 Å². The fourth-order valence-corrected chi connectivity index (χ4v) is 2.41. The number of hydrogen-bond acceptors (Lipinski definition) is 4. The second-order valence-corrected chi connectivity index (χ2v) is 5.02. The lowest BCUT2D eigenvalue weighted by atomic mass is 10.0. The van der Waals surface area contributed by atoms with E-state index in [4.69, 9.17) is 15.3 Å². The molecule has 0 saturated carbocycles. The number of hydrogen-bond donors (Lipinski definition) is 2. The summed E-state index contributed by atoms with van der Waals surface area (Å²) >= 11 is 0. The third kappa shape index (κ3) is 3.15. The zero-order valence-electron chi connectivity index (χ0n) is 11.5. The first-order valence-electron chi connectivity index (χ1n) is 6.85. The number of para-hydroxylation sites is 2. The van der Waals surface area contributed by atoms with Crippen LogP contribution >= 0.6 is 0 Å². The second kappa shape index (κ2) is 6.11. The average Bonchev–Trinajstić information content (AvgIpc) is 2.54. The summed E-state index contributed by atoms with van der Waals surface area (Å²) in [6.45, 7) is 0.424. The van der Waals surface area contributed by atoms with Gasteiger partial charge >= 0.3 is 0 Å². The highest BCUT2D eigenvalue weighted by molar-refractivity contribution is 5.40. The van der Waals surface area contributed by atoms with Gasteiger partial charge in [-0.05, 0) is 36.2 Å². The molecule has 0 fully saturated rings. The van der Waals surface area contributed by atoms with Crippen LogP contribution in [0.3, 0.4) is 0 Å². The molecule has 1 aliphatic rings. The number of hydrazine groups is 1. The predicted molar refractivity (Wildman–Crippen MR) is 77.6 cm³/mol. The van der Waals surface area contributed by atoms with Crippen molar-refractivity contribution in [1.29, 1.82) is 0 Å². The van der Waals surface area contributed by atoms with Gasteiger partial charge in [0.2, 0.25) is 0 Å². The van der Waals surface area contributed by atoms with Crippen molar-refractivity contribution in [1.82, 2.24) is 5.43 Å². The van der Waals surface area contributed by atoms with Gasteiger partial charge in [0, 0.05) is 0 Å². The molecule has 0 bridgehead atoms. The largest absolute Gasteiger partial charge is 0.486 e. The minimum atomic E-state index is -0.248. The standard InChI is InChI=1S/C16H17FN2O2/c17-12-7-5-11(6-8-12)9-13(19-18)16-10-20-14-3-1-2-4-15(14)21-16/h1-8,13,16,19H,9-10,18H2. The fraction of sp³-hybridized carbons (Fsp3) is 0.250.